The van der Waals surface area contributed by atoms with Crippen molar-refractivity contribution in [2.45, 2.75) is 26.6 Å². The number of carbonyl (C=O) groups is 1. The van der Waals surface area contributed by atoms with Crippen LogP contribution >= 0.6 is 0 Å². The van der Waals surface area contributed by atoms with Crippen molar-refractivity contribution in [3.8, 4) is 5.75 Å². The molecular weight excluding hydrogens is 187 g/mol. The lowest BCUT2D eigenvalue weighted by atomic mass is 9.69. The van der Waals surface area contributed by atoms with Gasteiger partial charge >= 0.3 is 0 Å². The Bertz CT molecular complexity index is 347. The molecule has 0 radical (unpaired) electrons. The number of methoxy groups -OCH3 is 1. The number of benzene rings is 1. The molecule has 0 aliphatic carbocycles. The zero-order valence-corrected chi connectivity index (χ0v) is 9.67. The van der Waals surface area contributed by atoms with Gasteiger partial charge in [0.15, 0.2) is 13.1 Å². The lowest BCUT2D eigenvalue weighted by molar-refractivity contribution is 0.0982. The van der Waals surface area contributed by atoms with Gasteiger partial charge in [0.05, 0.1) is 7.11 Å². The molecule has 15 heavy (non-hydrogen) atoms. The van der Waals surface area contributed by atoms with E-state index in [1.54, 1.807) is 7.11 Å². The van der Waals surface area contributed by atoms with Gasteiger partial charge in [-0.25, -0.2) is 0 Å². The summed E-state index contributed by atoms with van der Waals surface area (Å²) in [6.45, 7) is 4.06. The number of ketones is 1. The second-order valence-corrected chi connectivity index (χ2v) is 3.51. The third kappa shape index (κ3) is 2.61. The molecule has 0 saturated carbocycles. The van der Waals surface area contributed by atoms with E-state index in [9.17, 15) is 4.79 Å². The van der Waals surface area contributed by atoms with Crippen LogP contribution in [0.25, 0.3) is 0 Å². The van der Waals surface area contributed by atoms with Crippen LogP contribution in [0.4, 0.5) is 0 Å². The first-order valence-corrected chi connectivity index (χ1v) is 5.43. The molecule has 1 aromatic rings. The van der Waals surface area contributed by atoms with Crippen LogP contribution in [0.5, 0.6) is 5.75 Å². The zero-order chi connectivity index (χ0) is 11.3. The fourth-order valence-electron chi connectivity index (χ4n) is 1.74. The highest BCUT2D eigenvalue weighted by molar-refractivity contribution is 6.55. The summed E-state index contributed by atoms with van der Waals surface area (Å²) in [5, 5.41) is 0. The van der Waals surface area contributed by atoms with Gasteiger partial charge in [-0.3, -0.25) is 4.79 Å². The SMILES string of the molecule is CBc1c(OC)cccc1C(=O)CCC. The minimum atomic E-state index is 0.216. The highest BCUT2D eigenvalue weighted by Gasteiger charge is 2.13. The van der Waals surface area contributed by atoms with E-state index in [1.165, 1.54) is 0 Å². The highest BCUT2D eigenvalue weighted by atomic mass is 16.5. The number of ether oxygens (including phenoxy) is 1. The normalized spacial score (nSPS) is 9.80. The molecule has 0 spiro atoms. The number of Topliss-reactive ketones (excluding diaryl/α,β-unsaturated/α-hetero) is 1. The van der Waals surface area contributed by atoms with Crippen molar-refractivity contribution >= 4 is 18.5 Å². The summed E-state index contributed by atoms with van der Waals surface area (Å²) < 4.78 is 5.25. The van der Waals surface area contributed by atoms with Gasteiger partial charge < -0.3 is 4.74 Å². The number of hydrogen-bond donors (Lipinski definition) is 0. The molecule has 0 saturated heterocycles. The summed E-state index contributed by atoms with van der Waals surface area (Å²) >= 11 is 0. The third-order valence-electron chi connectivity index (χ3n) is 2.48. The van der Waals surface area contributed by atoms with Crippen LogP contribution in [0.15, 0.2) is 18.2 Å². The maximum atomic E-state index is 11.8. The predicted molar refractivity (Wildman–Crippen MR) is 64.9 cm³/mol. The molecule has 0 aliphatic heterocycles. The molecule has 1 rings (SSSR count). The maximum absolute atomic E-state index is 11.8. The Labute approximate surface area is 91.9 Å². The summed E-state index contributed by atoms with van der Waals surface area (Å²) in [6.07, 6.45) is 1.50. The van der Waals surface area contributed by atoms with Gasteiger partial charge in [-0.2, -0.15) is 0 Å². The molecule has 0 heterocycles. The van der Waals surface area contributed by atoms with Crippen LogP contribution in [-0.2, 0) is 0 Å². The van der Waals surface area contributed by atoms with Crippen molar-refractivity contribution in [3.63, 3.8) is 0 Å². The van der Waals surface area contributed by atoms with Gasteiger partial charge in [-0.1, -0.05) is 25.9 Å². The van der Waals surface area contributed by atoms with Crippen LogP contribution in [0.2, 0.25) is 6.82 Å². The van der Waals surface area contributed by atoms with Crippen LogP contribution in [-0.4, -0.2) is 20.2 Å². The first-order chi connectivity index (χ1) is 7.24. The van der Waals surface area contributed by atoms with E-state index in [-0.39, 0.29) is 5.78 Å². The fraction of sp³-hybridized carbons (Fsp3) is 0.417. The molecule has 0 atom stereocenters. The van der Waals surface area contributed by atoms with Gasteiger partial charge in [0.25, 0.3) is 0 Å². The molecule has 0 unspecified atom stereocenters. The van der Waals surface area contributed by atoms with Crippen molar-refractivity contribution in [1.82, 2.24) is 0 Å². The Balaban J connectivity index is 3.11. The maximum Gasteiger partial charge on any atom is 0.162 e. The van der Waals surface area contributed by atoms with Gasteiger partial charge in [0, 0.05) is 12.0 Å². The molecule has 3 heteroatoms. The molecule has 0 bridgehead atoms. The topological polar surface area (TPSA) is 26.3 Å². The Kier molecular flexibility index (Phi) is 4.41. The Morgan fingerprint density at radius 1 is 1.47 bits per heavy atom. The van der Waals surface area contributed by atoms with Crippen LogP contribution in [0.1, 0.15) is 30.1 Å². The number of rotatable bonds is 5. The van der Waals surface area contributed by atoms with E-state index in [2.05, 4.69) is 0 Å². The minimum Gasteiger partial charge on any atom is -0.497 e. The second-order valence-electron chi connectivity index (χ2n) is 3.51. The van der Waals surface area contributed by atoms with Crippen molar-refractivity contribution in [2.75, 3.05) is 7.11 Å². The lowest BCUT2D eigenvalue weighted by Gasteiger charge is -2.10. The van der Waals surface area contributed by atoms with E-state index >= 15 is 0 Å². The van der Waals surface area contributed by atoms with E-state index in [1.807, 2.05) is 31.9 Å². The average Bonchev–Trinajstić information content (AvgIpc) is 2.28. The summed E-state index contributed by atoms with van der Waals surface area (Å²) in [6, 6.07) is 5.67. The minimum absolute atomic E-state index is 0.216. The summed E-state index contributed by atoms with van der Waals surface area (Å²) in [4.78, 5) is 11.8. The molecule has 80 valence electrons. The summed E-state index contributed by atoms with van der Waals surface area (Å²) in [5.74, 6) is 1.03. The van der Waals surface area contributed by atoms with E-state index in [4.69, 9.17) is 4.74 Å². The smallest absolute Gasteiger partial charge is 0.162 e. The van der Waals surface area contributed by atoms with E-state index in [0.717, 1.165) is 30.5 Å². The molecule has 0 aliphatic rings. The molecule has 1 aromatic carbocycles. The molecule has 0 N–H and O–H groups in total. The first-order valence-electron chi connectivity index (χ1n) is 5.43. The number of carbonyl (C=O) groups excluding carboxylic acids is 1. The van der Waals surface area contributed by atoms with Gasteiger partial charge in [0.1, 0.15) is 5.75 Å². The van der Waals surface area contributed by atoms with Crippen molar-refractivity contribution in [2.24, 2.45) is 0 Å². The van der Waals surface area contributed by atoms with Crippen LogP contribution < -0.4 is 10.2 Å². The largest absolute Gasteiger partial charge is 0.497 e. The molecule has 2 nitrogen and oxygen atoms in total. The highest BCUT2D eigenvalue weighted by Crippen LogP contribution is 2.12. The van der Waals surface area contributed by atoms with E-state index in [0.29, 0.717) is 6.42 Å². The predicted octanol–water partition coefficient (Wildman–Crippen LogP) is 1.79. The van der Waals surface area contributed by atoms with Gasteiger partial charge in [-0.15, -0.1) is 0 Å². The second kappa shape index (κ2) is 5.59. The lowest BCUT2D eigenvalue weighted by Crippen LogP contribution is -2.22. The fourth-order valence-corrected chi connectivity index (χ4v) is 1.74. The van der Waals surface area contributed by atoms with Gasteiger partial charge in [-0.05, 0) is 17.9 Å². The molecular formula is C12H17BO2. The third-order valence-corrected chi connectivity index (χ3v) is 2.48. The Hall–Kier alpha value is -1.25. The Morgan fingerprint density at radius 2 is 2.20 bits per heavy atom. The first kappa shape index (κ1) is 11.8. The zero-order valence-electron chi connectivity index (χ0n) is 9.67. The van der Waals surface area contributed by atoms with E-state index < -0.39 is 0 Å². The standard InChI is InChI=1S/C12H17BO2/c1-4-6-10(14)9-7-5-8-11(15-3)12(9)13-2/h5,7-8,13H,4,6H2,1-3H3. The van der Waals surface area contributed by atoms with Crippen LogP contribution in [0, 0.1) is 0 Å². The van der Waals surface area contributed by atoms with Crippen molar-refractivity contribution in [1.29, 1.82) is 0 Å². The van der Waals surface area contributed by atoms with Gasteiger partial charge in [0.2, 0.25) is 0 Å². The molecule has 0 aromatic heterocycles. The van der Waals surface area contributed by atoms with Crippen LogP contribution in [0.3, 0.4) is 0 Å². The quantitative estimate of drug-likeness (QED) is 0.539. The van der Waals surface area contributed by atoms with Crippen molar-refractivity contribution < 1.29 is 9.53 Å². The molecule has 0 amide bonds. The monoisotopic (exact) mass is 204 g/mol. The molecule has 0 fully saturated rings. The number of hydrogen-bond acceptors (Lipinski definition) is 2. The average molecular weight is 204 g/mol. The Morgan fingerprint density at radius 3 is 2.73 bits per heavy atom. The summed E-state index contributed by atoms with van der Waals surface area (Å²) in [7, 11) is 2.47. The van der Waals surface area contributed by atoms with Crippen molar-refractivity contribution in [3.05, 3.63) is 23.8 Å². The summed E-state index contributed by atoms with van der Waals surface area (Å²) in [5.41, 5.74) is 1.84.